The van der Waals surface area contributed by atoms with Crippen LogP contribution < -0.4 is 10.4 Å². The van der Waals surface area contributed by atoms with Crippen molar-refractivity contribution in [3.63, 3.8) is 0 Å². The lowest BCUT2D eigenvalue weighted by molar-refractivity contribution is 0.426. The van der Waals surface area contributed by atoms with E-state index in [9.17, 15) is 10.0 Å². The normalized spacial score (nSPS) is 11.6. The summed E-state index contributed by atoms with van der Waals surface area (Å²) in [5.41, 5.74) is 6.26. The predicted octanol–water partition coefficient (Wildman–Crippen LogP) is 5.26. The van der Waals surface area contributed by atoms with Gasteiger partial charge < -0.3 is 14.9 Å². The Morgan fingerprint density at radius 3 is 1.48 bits per heavy atom. The second-order valence-corrected chi connectivity index (χ2v) is 8.84. The third-order valence-electron chi connectivity index (χ3n) is 5.26. The first-order chi connectivity index (χ1) is 13.7. The first kappa shape index (κ1) is 21.2. The molecule has 29 heavy (non-hydrogen) atoms. The van der Waals surface area contributed by atoms with E-state index in [1.54, 1.807) is 12.1 Å². The molecule has 0 saturated carbocycles. The minimum atomic E-state index is -1.46. The highest BCUT2D eigenvalue weighted by Crippen LogP contribution is 2.36. The van der Waals surface area contributed by atoms with Crippen LogP contribution >= 0.6 is 0 Å². The Morgan fingerprint density at radius 2 is 1.10 bits per heavy atom. The topological polar surface area (TPSA) is 43.7 Å². The number of hydrogen-bond acceptors (Lipinski definition) is 3. The number of hydrogen-bond donors (Lipinski definition) is 2. The Balaban J connectivity index is 2.06. The fourth-order valence-corrected chi connectivity index (χ4v) is 3.36. The Hall–Kier alpha value is -2.56. The van der Waals surface area contributed by atoms with Gasteiger partial charge in [-0.15, -0.1) is 0 Å². The number of benzene rings is 3. The monoisotopic (exact) mass is 387 g/mol. The molecule has 0 unspecified atom stereocenters. The molecule has 0 heterocycles. The summed E-state index contributed by atoms with van der Waals surface area (Å²) in [7, 11) is -1.46. The summed E-state index contributed by atoms with van der Waals surface area (Å²) in [5, 5.41) is 18.8. The molecule has 4 heteroatoms. The van der Waals surface area contributed by atoms with E-state index in [1.807, 2.05) is 12.1 Å². The molecule has 0 aliphatic heterocycles. The molecule has 0 spiro atoms. The molecule has 3 aromatic carbocycles. The Bertz CT molecular complexity index is 873. The van der Waals surface area contributed by atoms with Crippen LogP contribution in [0.2, 0.25) is 0 Å². The van der Waals surface area contributed by atoms with Gasteiger partial charge in [-0.2, -0.15) is 0 Å². The van der Waals surface area contributed by atoms with Crippen LogP contribution in [0.3, 0.4) is 0 Å². The molecule has 2 N–H and O–H groups in total. The van der Waals surface area contributed by atoms with Gasteiger partial charge in [0.05, 0.1) is 0 Å². The van der Waals surface area contributed by atoms with Crippen molar-refractivity contribution in [1.29, 1.82) is 0 Å². The van der Waals surface area contributed by atoms with Gasteiger partial charge in [0.1, 0.15) is 0 Å². The molecule has 0 bridgehead atoms. The lowest BCUT2D eigenvalue weighted by atomic mass is 9.80. The second kappa shape index (κ2) is 8.44. The Kier molecular flexibility index (Phi) is 6.16. The van der Waals surface area contributed by atoms with Crippen LogP contribution in [0.1, 0.15) is 51.7 Å². The zero-order valence-corrected chi connectivity index (χ0v) is 17.9. The number of rotatable bonds is 5. The van der Waals surface area contributed by atoms with E-state index >= 15 is 0 Å². The van der Waals surface area contributed by atoms with Crippen molar-refractivity contribution in [3.8, 4) is 0 Å². The molecule has 0 saturated heterocycles. The van der Waals surface area contributed by atoms with Crippen molar-refractivity contribution < 1.29 is 10.0 Å². The zero-order valence-electron chi connectivity index (χ0n) is 17.9. The van der Waals surface area contributed by atoms with E-state index < -0.39 is 7.12 Å². The zero-order chi connectivity index (χ0) is 21.2. The SMILES string of the molecule is CC(C)c1ccc(N(c2ccc(B(O)O)cc2)c2ccc(C(C)(C)C)cc2)cc1. The average Bonchev–Trinajstić information content (AvgIpc) is 2.69. The quantitative estimate of drug-likeness (QED) is 0.587. The van der Waals surface area contributed by atoms with Gasteiger partial charge in [0, 0.05) is 17.1 Å². The van der Waals surface area contributed by atoms with Crippen molar-refractivity contribution in [2.45, 2.75) is 46.0 Å². The van der Waals surface area contributed by atoms with Crippen molar-refractivity contribution in [2.24, 2.45) is 0 Å². The van der Waals surface area contributed by atoms with Crippen LogP contribution in [0, 0.1) is 0 Å². The van der Waals surface area contributed by atoms with Crippen LogP contribution in [0.5, 0.6) is 0 Å². The largest absolute Gasteiger partial charge is 0.488 e. The smallest absolute Gasteiger partial charge is 0.423 e. The maximum absolute atomic E-state index is 9.42. The first-order valence-corrected chi connectivity index (χ1v) is 10.1. The van der Waals surface area contributed by atoms with E-state index in [1.165, 1.54) is 11.1 Å². The molecule has 3 nitrogen and oxygen atoms in total. The van der Waals surface area contributed by atoms with Crippen LogP contribution in [0.25, 0.3) is 0 Å². The van der Waals surface area contributed by atoms with Gasteiger partial charge in [0.25, 0.3) is 0 Å². The van der Waals surface area contributed by atoms with Gasteiger partial charge in [-0.25, -0.2) is 0 Å². The molecule has 0 fully saturated rings. The minimum Gasteiger partial charge on any atom is -0.423 e. The van der Waals surface area contributed by atoms with Gasteiger partial charge in [0.15, 0.2) is 0 Å². The van der Waals surface area contributed by atoms with Gasteiger partial charge in [-0.3, -0.25) is 0 Å². The lowest BCUT2D eigenvalue weighted by Gasteiger charge is -2.27. The molecule has 0 amide bonds. The third kappa shape index (κ3) is 4.90. The highest BCUT2D eigenvalue weighted by atomic mass is 16.4. The van der Waals surface area contributed by atoms with Crippen LogP contribution in [0.15, 0.2) is 72.8 Å². The molecule has 0 aromatic heterocycles. The molecule has 150 valence electrons. The van der Waals surface area contributed by atoms with E-state index in [0.717, 1.165) is 17.1 Å². The predicted molar refractivity (Wildman–Crippen MR) is 124 cm³/mol. The second-order valence-electron chi connectivity index (χ2n) is 8.84. The molecule has 0 radical (unpaired) electrons. The summed E-state index contributed by atoms with van der Waals surface area (Å²) < 4.78 is 0. The standard InChI is InChI=1S/C25H30BNO2/c1-18(2)19-6-12-22(13-7-19)27(24-16-10-21(11-17-24)26(28)29)23-14-8-20(9-15-23)25(3,4)5/h6-18,28-29H,1-5H3. The fraction of sp³-hybridized carbons (Fsp3) is 0.280. The summed E-state index contributed by atoms with van der Waals surface area (Å²) >= 11 is 0. The summed E-state index contributed by atoms with van der Waals surface area (Å²) in [6.07, 6.45) is 0. The highest BCUT2D eigenvalue weighted by molar-refractivity contribution is 6.58. The number of nitrogens with zero attached hydrogens (tertiary/aromatic N) is 1. The van der Waals surface area contributed by atoms with Crippen molar-refractivity contribution in [1.82, 2.24) is 0 Å². The van der Waals surface area contributed by atoms with Crippen LogP contribution in [-0.4, -0.2) is 17.2 Å². The molecule has 0 aliphatic carbocycles. The van der Waals surface area contributed by atoms with E-state index in [0.29, 0.717) is 11.4 Å². The molecular formula is C25H30BNO2. The maximum atomic E-state index is 9.42. The van der Waals surface area contributed by atoms with Crippen LogP contribution in [0.4, 0.5) is 17.1 Å². The van der Waals surface area contributed by atoms with Crippen molar-refractivity contribution in [3.05, 3.63) is 83.9 Å². The molecule has 0 atom stereocenters. The van der Waals surface area contributed by atoms with Gasteiger partial charge >= 0.3 is 7.12 Å². The van der Waals surface area contributed by atoms with Gasteiger partial charge in [-0.05, 0) is 64.3 Å². The summed E-state index contributed by atoms with van der Waals surface area (Å²) in [5.74, 6) is 0.480. The Morgan fingerprint density at radius 1 is 0.690 bits per heavy atom. The van der Waals surface area contributed by atoms with Crippen LogP contribution in [-0.2, 0) is 5.41 Å². The van der Waals surface area contributed by atoms with E-state index in [4.69, 9.17) is 0 Å². The lowest BCUT2D eigenvalue weighted by Crippen LogP contribution is -2.29. The van der Waals surface area contributed by atoms with E-state index in [-0.39, 0.29) is 5.41 Å². The van der Waals surface area contributed by atoms with Gasteiger partial charge in [-0.1, -0.05) is 71.0 Å². The summed E-state index contributed by atoms with van der Waals surface area (Å²) in [6.45, 7) is 11.0. The van der Waals surface area contributed by atoms with Crippen molar-refractivity contribution >= 4 is 29.6 Å². The fourth-order valence-electron chi connectivity index (χ4n) is 3.36. The van der Waals surface area contributed by atoms with Gasteiger partial charge in [0.2, 0.25) is 0 Å². The molecule has 3 rings (SSSR count). The summed E-state index contributed by atoms with van der Waals surface area (Å²) in [6, 6.07) is 24.6. The molecule has 3 aromatic rings. The van der Waals surface area contributed by atoms with Crippen molar-refractivity contribution in [2.75, 3.05) is 4.90 Å². The Labute approximate surface area is 174 Å². The maximum Gasteiger partial charge on any atom is 0.488 e. The average molecular weight is 387 g/mol. The molecule has 0 aliphatic rings. The first-order valence-electron chi connectivity index (χ1n) is 10.1. The van der Waals surface area contributed by atoms with E-state index in [2.05, 4.69) is 88.0 Å². The number of anilines is 3. The molecular weight excluding hydrogens is 357 g/mol. The highest BCUT2D eigenvalue weighted by Gasteiger charge is 2.17. The summed E-state index contributed by atoms with van der Waals surface area (Å²) in [4.78, 5) is 2.18. The third-order valence-corrected chi connectivity index (χ3v) is 5.26. The minimum absolute atomic E-state index is 0.0984.